The van der Waals surface area contributed by atoms with Crippen LogP contribution in [0.3, 0.4) is 0 Å². The zero-order chi connectivity index (χ0) is 16.7. The number of nitrogens with zero attached hydrogens (tertiary/aromatic N) is 1. The molecule has 0 aliphatic rings. The smallest absolute Gasteiger partial charge is 0.420 e. The Balaban J connectivity index is 2.13. The summed E-state index contributed by atoms with van der Waals surface area (Å²) in [7, 11) is 1.54. The van der Waals surface area contributed by atoms with Crippen molar-refractivity contribution in [2.45, 2.75) is 0 Å². The van der Waals surface area contributed by atoms with Crippen molar-refractivity contribution in [1.29, 1.82) is 0 Å². The number of carbonyl (C=O) groups excluding carboxylic acids is 2. The Morgan fingerprint density at radius 3 is 2.74 bits per heavy atom. The van der Waals surface area contributed by atoms with Gasteiger partial charge in [-0.2, -0.15) is 0 Å². The molecule has 120 valence electrons. The van der Waals surface area contributed by atoms with Crippen LogP contribution in [0.1, 0.15) is 0 Å². The Morgan fingerprint density at radius 2 is 2.00 bits per heavy atom. The maximum Gasteiger partial charge on any atom is 0.420 e. The van der Waals surface area contributed by atoms with E-state index in [9.17, 15) is 9.59 Å². The van der Waals surface area contributed by atoms with Gasteiger partial charge < -0.3 is 19.9 Å². The number of rotatable bonds is 5. The number of imide groups is 1. The molecule has 2 aromatic rings. The summed E-state index contributed by atoms with van der Waals surface area (Å²) in [5.74, 6) is 0.538. The van der Waals surface area contributed by atoms with Gasteiger partial charge in [-0.15, -0.1) is 0 Å². The Morgan fingerprint density at radius 1 is 1.22 bits per heavy atom. The molecule has 2 rings (SSSR count). The van der Waals surface area contributed by atoms with E-state index in [2.05, 4.69) is 4.98 Å². The fourth-order valence-electron chi connectivity index (χ4n) is 1.60. The summed E-state index contributed by atoms with van der Waals surface area (Å²) >= 11 is 0. The Bertz CT molecular complexity index is 705. The Kier molecular flexibility index (Phi) is 5.48. The second-order valence-electron chi connectivity index (χ2n) is 4.23. The maximum atomic E-state index is 11.6. The molecule has 0 saturated carbocycles. The van der Waals surface area contributed by atoms with Crippen molar-refractivity contribution < 1.29 is 23.8 Å². The highest BCUT2D eigenvalue weighted by Gasteiger charge is 2.14. The Hall–Kier alpha value is -3.13. The number of amides is 2. The average Bonchev–Trinajstić information content (AvgIpc) is 2.56. The van der Waals surface area contributed by atoms with E-state index in [0.29, 0.717) is 11.5 Å². The zero-order valence-electron chi connectivity index (χ0n) is 12.3. The molecule has 0 atom stereocenters. The van der Waals surface area contributed by atoms with Crippen LogP contribution in [0, 0.1) is 0 Å². The molecule has 0 aliphatic carbocycles. The van der Waals surface area contributed by atoms with Crippen LogP contribution >= 0.6 is 0 Å². The molecule has 0 unspecified atom stereocenters. The number of nitrogens with one attached hydrogen (secondary N) is 1. The number of carbonyl (C=O) groups is 2. The number of ether oxygens (including phenoxy) is 3. The van der Waals surface area contributed by atoms with Crippen molar-refractivity contribution in [2.75, 3.05) is 13.7 Å². The molecular formula is C15H15N3O5. The first-order valence-electron chi connectivity index (χ1n) is 6.61. The van der Waals surface area contributed by atoms with E-state index >= 15 is 0 Å². The summed E-state index contributed by atoms with van der Waals surface area (Å²) in [5, 5.41) is 1.95. The van der Waals surface area contributed by atoms with Crippen molar-refractivity contribution >= 4 is 12.0 Å². The van der Waals surface area contributed by atoms with Crippen molar-refractivity contribution in [3.05, 3.63) is 42.6 Å². The molecule has 0 saturated heterocycles. The largest absolute Gasteiger partial charge is 0.497 e. The van der Waals surface area contributed by atoms with Crippen molar-refractivity contribution in [2.24, 2.45) is 5.73 Å². The predicted octanol–water partition coefficient (Wildman–Crippen LogP) is 1.46. The minimum absolute atomic E-state index is 0.0855. The average molecular weight is 317 g/mol. The van der Waals surface area contributed by atoms with Gasteiger partial charge >= 0.3 is 6.09 Å². The summed E-state index contributed by atoms with van der Waals surface area (Å²) in [6.45, 7) is -0.329. The molecule has 1 heterocycles. The molecule has 8 heteroatoms. The van der Waals surface area contributed by atoms with Gasteiger partial charge in [0.15, 0.2) is 5.75 Å². The van der Waals surface area contributed by atoms with Gasteiger partial charge in [0.2, 0.25) is 5.91 Å². The van der Waals surface area contributed by atoms with E-state index in [4.69, 9.17) is 19.9 Å². The lowest BCUT2D eigenvalue weighted by atomic mass is 10.3. The topological polar surface area (TPSA) is 113 Å². The number of hydrogen-bond donors (Lipinski definition) is 2. The SMILES string of the molecule is COc1cccc(Oc2cccnc2OC(=O)NC(=O)CN)c1. The second-order valence-corrected chi connectivity index (χ2v) is 4.23. The van der Waals surface area contributed by atoms with Gasteiger partial charge in [0.25, 0.3) is 5.88 Å². The quantitative estimate of drug-likeness (QED) is 0.858. The highest BCUT2D eigenvalue weighted by Crippen LogP contribution is 2.30. The maximum absolute atomic E-state index is 11.6. The molecule has 0 fully saturated rings. The molecule has 1 aromatic heterocycles. The number of hydrogen-bond acceptors (Lipinski definition) is 7. The number of aromatic nitrogens is 1. The van der Waals surface area contributed by atoms with Crippen LogP contribution in [0.5, 0.6) is 23.1 Å². The zero-order valence-corrected chi connectivity index (χ0v) is 12.3. The van der Waals surface area contributed by atoms with Gasteiger partial charge in [0, 0.05) is 12.3 Å². The molecular weight excluding hydrogens is 302 g/mol. The van der Waals surface area contributed by atoms with E-state index in [1.54, 1.807) is 36.4 Å². The molecule has 2 amide bonds. The van der Waals surface area contributed by atoms with E-state index < -0.39 is 12.0 Å². The van der Waals surface area contributed by atoms with Crippen molar-refractivity contribution in [3.63, 3.8) is 0 Å². The van der Waals surface area contributed by atoms with Gasteiger partial charge in [-0.25, -0.2) is 9.78 Å². The van der Waals surface area contributed by atoms with Gasteiger partial charge in [-0.1, -0.05) is 6.07 Å². The first-order valence-corrected chi connectivity index (χ1v) is 6.61. The van der Waals surface area contributed by atoms with Crippen molar-refractivity contribution in [1.82, 2.24) is 10.3 Å². The molecule has 3 N–H and O–H groups in total. The number of nitrogens with two attached hydrogens (primary N) is 1. The summed E-state index contributed by atoms with van der Waals surface area (Å²) in [5.41, 5.74) is 5.10. The Labute approximate surface area is 132 Å². The third kappa shape index (κ3) is 4.68. The van der Waals surface area contributed by atoms with E-state index in [1.165, 1.54) is 13.3 Å². The van der Waals surface area contributed by atoms with Crippen LogP contribution in [-0.4, -0.2) is 30.6 Å². The first kappa shape index (κ1) is 16.2. The minimum atomic E-state index is -0.991. The number of benzene rings is 1. The predicted molar refractivity (Wildman–Crippen MR) is 80.5 cm³/mol. The van der Waals surface area contributed by atoms with Gasteiger partial charge in [-0.05, 0) is 24.3 Å². The fraction of sp³-hybridized carbons (Fsp3) is 0.133. The van der Waals surface area contributed by atoms with Crippen LogP contribution in [0.25, 0.3) is 0 Å². The van der Waals surface area contributed by atoms with Gasteiger partial charge in [0.05, 0.1) is 13.7 Å². The van der Waals surface area contributed by atoms with E-state index in [1.807, 2.05) is 5.32 Å². The standard InChI is InChI=1S/C15H15N3O5/c1-21-10-4-2-5-11(8-10)22-12-6-3-7-17-14(12)23-15(20)18-13(19)9-16/h2-8H,9,16H2,1H3,(H,18,19,20). The van der Waals surface area contributed by atoms with Crippen LogP contribution in [-0.2, 0) is 4.79 Å². The minimum Gasteiger partial charge on any atom is -0.497 e. The molecule has 23 heavy (non-hydrogen) atoms. The third-order valence-electron chi connectivity index (χ3n) is 2.62. The molecule has 0 radical (unpaired) electrons. The van der Waals surface area contributed by atoms with Crippen LogP contribution < -0.4 is 25.3 Å². The second kappa shape index (κ2) is 7.76. The van der Waals surface area contributed by atoms with Gasteiger partial charge in [-0.3, -0.25) is 10.1 Å². The summed E-state index contributed by atoms with van der Waals surface area (Å²) in [6.07, 6.45) is 0.431. The normalized spacial score (nSPS) is 9.83. The van der Waals surface area contributed by atoms with E-state index in [0.717, 1.165) is 0 Å². The highest BCUT2D eigenvalue weighted by atomic mass is 16.6. The monoisotopic (exact) mass is 317 g/mol. The lowest BCUT2D eigenvalue weighted by Gasteiger charge is -2.10. The van der Waals surface area contributed by atoms with Gasteiger partial charge in [0.1, 0.15) is 11.5 Å². The summed E-state index contributed by atoms with van der Waals surface area (Å²) in [4.78, 5) is 26.5. The third-order valence-corrected chi connectivity index (χ3v) is 2.62. The van der Waals surface area contributed by atoms with Crippen molar-refractivity contribution in [3.8, 4) is 23.1 Å². The van der Waals surface area contributed by atoms with Crippen LogP contribution in [0.15, 0.2) is 42.6 Å². The summed E-state index contributed by atoms with van der Waals surface area (Å²) < 4.78 is 15.7. The highest BCUT2D eigenvalue weighted by molar-refractivity contribution is 5.93. The lowest BCUT2D eigenvalue weighted by Crippen LogP contribution is -2.37. The summed E-state index contributed by atoms with van der Waals surface area (Å²) in [6, 6.07) is 10.1. The fourth-order valence-corrected chi connectivity index (χ4v) is 1.60. The molecule has 0 bridgehead atoms. The number of methoxy groups -OCH3 is 1. The lowest BCUT2D eigenvalue weighted by molar-refractivity contribution is -0.118. The molecule has 1 aromatic carbocycles. The van der Waals surface area contributed by atoms with E-state index in [-0.39, 0.29) is 18.2 Å². The number of pyridine rings is 1. The molecule has 8 nitrogen and oxygen atoms in total. The molecule has 0 spiro atoms. The van der Waals surface area contributed by atoms with Crippen LogP contribution in [0.4, 0.5) is 4.79 Å². The van der Waals surface area contributed by atoms with Crippen LogP contribution in [0.2, 0.25) is 0 Å². The molecule has 0 aliphatic heterocycles. The first-order chi connectivity index (χ1) is 11.1.